The summed E-state index contributed by atoms with van der Waals surface area (Å²) in [6.45, 7) is 2.90. The lowest BCUT2D eigenvalue weighted by Crippen LogP contribution is -2.44. The van der Waals surface area contributed by atoms with Crippen LogP contribution in [0.4, 0.5) is 13.2 Å². The van der Waals surface area contributed by atoms with Gasteiger partial charge < -0.3 is 0 Å². The van der Waals surface area contributed by atoms with E-state index in [0.717, 1.165) is 25.2 Å². The van der Waals surface area contributed by atoms with Crippen LogP contribution in [0, 0.1) is 6.92 Å². The zero-order chi connectivity index (χ0) is 21.1. The SMILES string of the molecule is Cc1c(Cn2nc[nH]c2=O)sc2c1c(=O)n(C1(C)CC1)c(=O)n2CCC(F)(F)F. The van der Waals surface area contributed by atoms with Crippen LogP contribution in [-0.2, 0) is 18.6 Å². The second-order valence-electron chi connectivity index (χ2n) is 7.52. The molecule has 3 aromatic rings. The van der Waals surface area contributed by atoms with Crippen molar-refractivity contribution in [2.75, 3.05) is 0 Å². The molecule has 1 fully saturated rings. The average molecular weight is 429 g/mol. The van der Waals surface area contributed by atoms with E-state index < -0.39 is 41.6 Å². The van der Waals surface area contributed by atoms with Crippen LogP contribution in [0.15, 0.2) is 20.7 Å². The Balaban J connectivity index is 1.95. The number of nitrogens with one attached hydrogen (secondary N) is 1. The molecule has 1 saturated carbocycles. The Hall–Kier alpha value is -2.63. The van der Waals surface area contributed by atoms with Gasteiger partial charge in [-0.1, -0.05) is 0 Å². The van der Waals surface area contributed by atoms with Gasteiger partial charge in [-0.3, -0.25) is 18.9 Å². The number of alkyl halides is 3. The minimum atomic E-state index is -4.44. The Labute approximate surface area is 165 Å². The van der Waals surface area contributed by atoms with Gasteiger partial charge >= 0.3 is 17.6 Å². The predicted octanol–water partition coefficient (Wildman–Crippen LogP) is 1.93. The maximum atomic E-state index is 13.1. The van der Waals surface area contributed by atoms with E-state index in [2.05, 4.69) is 10.1 Å². The average Bonchev–Trinajstić information content (AvgIpc) is 3.08. The molecule has 8 nitrogen and oxygen atoms in total. The number of aromatic amines is 1. The molecule has 12 heteroatoms. The summed E-state index contributed by atoms with van der Waals surface area (Å²) in [4.78, 5) is 41.1. The number of aromatic nitrogens is 5. The predicted molar refractivity (Wildman–Crippen MR) is 101 cm³/mol. The number of nitrogens with zero attached hydrogens (tertiary/aromatic N) is 4. The molecule has 1 N–H and O–H groups in total. The fourth-order valence-electron chi connectivity index (χ4n) is 3.39. The van der Waals surface area contributed by atoms with Gasteiger partial charge in [0.05, 0.1) is 23.9 Å². The van der Waals surface area contributed by atoms with Crippen molar-refractivity contribution >= 4 is 21.6 Å². The highest BCUT2D eigenvalue weighted by Crippen LogP contribution is 2.41. The van der Waals surface area contributed by atoms with E-state index in [1.54, 1.807) is 13.8 Å². The Kier molecular flexibility index (Phi) is 4.37. The van der Waals surface area contributed by atoms with Crippen LogP contribution in [0.2, 0.25) is 0 Å². The van der Waals surface area contributed by atoms with E-state index in [0.29, 0.717) is 23.3 Å². The highest BCUT2D eigenvalue weighted by Gasteiger charge is 2.43. The zero-order valence-corrected chi connectivity index (χ0v) is 16.5. The summed E-state index contributed by atoms with van der Waals surface area (Å²) in [7, 11) is 0. The second-order valence-corrected chi connectivity index (χ2v) is 8.60. The monoisotopic (exact) mass is 429 g/mol. The molecule has 1 aliphatic carbocycles. The standard InChI is InChI=1S/C17H18F3N5O3S/c1-9-10(7-24-14(27)21-8-22-24)29-13-11(9)12(26)25(16(2)3-4-16)15(28)23(13)6-5-17(18,19)20/h8H,3-7H2,1-2H3,(H,21,22,27). The van der Waals surface area contributed by atoms with Crippen molar-refractivity contribution in [3.8, 4) is 0 Å². The van der Waals surface area contributed by atoms with Crippen molar-refractivity contribution in [3.05, 3.63) is 48.1 Å². The first-order valence-corrected chi connectivity index (χ1v) is 9.79. The second kappa shape index (κ2) is 6.44. The summed E-state index contributed by atoms with van der Waals surface area (Å²) in [5.41, 5.74) is -1.79. The molecule has 4 rings (SSSR count). The molecule has 3 aromatic heterocycles. The normalized spacial score (nSPS) is 15.9. The van der Waals surface area contributed by atoms with Gasteiger partial charge in [0.2, 0.25) is 0 Å². The number of hydrogen-bond donors (Lipinski definition) is 1. The summed E-state index contributed by atoms with van der Waals surface area (Å²) in [5, 5.41) is 4.10. The van der Waals surface area contributed by atoms with Gasteiger partial charge in [-0.25, -0.2) is 14.3 Å². The van der Waals surface area contributed by atoms with Crippen molar-refractivity contribution in [2.45, 2.75) is 57.9 Å². The fraction of sp³-hybridized carbons (Fsp3) is 0.529. The van der Waals surface area contributed by atoms with Gasteiger partial charge in [0, 0.05) is 11.4 Å². The van der Waals surface area contributed by atoms with Gasteiger partial charge in [-0.15, -0.1) is 11.3 Å². The molecular weight excluding hydrogens is 411 g/mol. The lowest BCUT2D eigenvalue weighted by atomic mass is 10.2. The number of H-pyrrole nitrogens is 1. The van der Waals surface area contributed by atoms with Crippen LogP contribution in [0.5, 0.6) is 0 Å². The van der Waals surface area contributed by atoms with E-state index in [-0.39, 0.29) is 16.8 Å². The van der Waals surface area contributed by atoms with Gasteiger partial charge in [0.25, 0.3) is 5.56 Å². The van der Waals surface area contributed by atoms with Crippen molar-refractivity contribution < 1.29 is 13.2 Å². The number of rotatable bonds is 5. The third-order valence-electron chi connectivity index (χ3n) is 5.36. The van der Waals surface area contributed by atoms with E-state index in [1.165, 1.54) is 6.33 Å². The first-order chi connectivity index (χ1) is 13.5. The largest absolute Gasteiger partial charge is 0.390 e. The molecule has 0 aliphatic heterocycles. The van der Waals surface area contributed by atoms with E-state index in [4.69, 9.17) is 0 Å². The molecule has 29 heavy (non-hydrogen) atoms. The summed E-state index contributed by atoms with van der Waals surface area (Å²) in [5.74, 6) is 0. The van der Waals surface area contributed by atoms with Crippen LogP contribution in [0.3, 0.4) is 0 Å². The lowest BCUT2D eigenvalue weighted by Gasteiger charge is -2.17. The number of fused-ring (bicyclic) bond motifs is 1. The number of halogens is 3. The van der Waals surface area contributed by atoms with Crippen LogP contribution in [-0.4, -0.2) is 30.1 Å². The molecule has 3 heterocycles. The van der Waals surface area contributed by atoms with E-state index in [9.17, 15) is 27.6 Å². The zero-order valence-electron chi connectivity index (χ0n) is 15.7. The van der Waals surface area contributed by atoms with Crippen molar-refractivity contribution in [3.63, 3.8) is 0 Å². The maximum Gasteiger partial charge on any atom is 0.390 e. The summed E-state index contributed by atoms with van der Waals surface area (Å²) in [6, 6.07) is 0. The van der Waals surface area contributed by atoms with Crippen molar-refractivity contribution in [1.82, 2.24) is 23.9 Å². The Bertz CT molecular complexity index is 1270. The maximum absolute atomic E-state index is 13.1. The quantitative estimate of drug-likeness (QED) is 0.671. The molecule has 0 aromatic carbocycles. The minimum Gasteiger partial charge on any atom is -0.295 e. The third-order valence-corrected chi connectivity index (χ3v) is 6.66. The fourth-order valence-corrected chi connectivity index (χ4v) is 4.69. The Morgan fingerprint density at radius 2 is 1.97 bits per heavy atom. The highest BCUT2D eigenvalue weighted by atomic mass is 32.1. The molecule has 0 radical (unpaired) electrons. The summed E-state index contributed by atoms with van der Waals surface area (Å²) < 4.78 is 41.8. The van der Waals surface area contributed by atoms with Gasteiger partial charge in [0.1, 0.15) is 11.2 Å². The number of aryl methyl sites for hydroxylation is 2. The highest BCUT2D eigenvalue weighted by molar-refractivity contribution is 7.18. The van der Waals surface area contributed by atoms with E-state index in [1.807, 2.05) is 0 Å². The van der Waals surface area contributed by atoms with Gasteiger partial charge in [-0.2, -0.15) is 18.3 Å². The van der Waals surface area contributed by atoms with E-state index >= 15 is 0 Å². The topological polar surface area (TPSA) is 94.7 Å². The van der Waals surface area contributed by atoms with Crippen LogP contribution >= 0.6 is 11.3 Å². The Morgan fingerprint density at radius 1 is 1.28 bits per heavy atom. The first-order valence-electron chi connectivity index (χ1n) is 8.97. The van der Waals surface area contributed by atoms with Crippen LogP contribution < -0.4 is 16.9 Å². The molecular formula is C17H18F3N5O3S. The van der Waals surface area contributed by atoms with Crippen LogP contribution in [0.1, 0.15) is 36.6 Å². The molecule has 1 aliphatic rings. The molecule has 0 bridgehead atoms. The molecule has 0 atom stereocenters. The Morgan fingerprint density at radius 3 is 2.52 bits per heavy atom. The smallest absolute Gasteiger partial charge is 0.295 e. The van der Waals surface area contributed by atoms with Crippen LogP contribution in [0.25, 0.3) is 10.2 Å². The molecule has 0 unspecified atom stereocenters. The molecule has 0 spiro atoms. The van der Waals surface area contributed by atoms with Crippen molar-refractivity contribution in [1.29, 1.82) is 0 Å². The van der Waals surface area contributed by atoms with Gasteiger partial charge in [0.15, 0.2) is 0 Å². The minimum absolute atomic E-state index is 0.0533. The number of hydrogen-bond acceptors (Lipinski definition) is 5. The molecule has 156 valence electrons. The molecule has 0 amide bonds. The lowest BCUT2D eigenvalue weighted by molar-refractivity contribution is -0.136. The first kappa shape index (κ1) is 19.7. The van der Waals surface area contributed by atoms with Gasteiger partial charge in [-0.05, 0) is 32.3 Å². The van der Waals surface area contributed by atoms with Crippen molar-refractivity contribution in [2.24, 2.45) is 0 Å². The summed E-state index contributed by atoms with van der Waals surface area (Å²) >= 11 is 1.04. The molecule has 0 saturated heterocycles. The summed E-state index contributed by atoms with van der Waals surface area (Å²) in [6.07, 6.45) is -3.15. The number of thiophene rings is 1. The third kappa shape index (κ3) is 3.34.